The summed E-state index contributed by atoms with van der Waals surface area (Å²) in [5.41, 5.74) is 0.188. The highest BCUT2D eigenvalue weighted by Gasteiger charge is 2.50. The minimum absolute atomic E-state index is 0.188. The Balaban J connectivity index is 1.67. The zero-order valence-electron chi connectivity index (χ0n) is 10.9. The van der Waals surface area contributed by atoms with E-state index in [-0.39, 0.29) is 5.54 Å². The van der Waals surface area contributed by atoms with Crippen molar-refractivity contribution in [3.63, 3.8) is 0 Å². The monoisotopic (exact) mass is 263 g/mol. The number of nitrogens with zero attached hydrogens (tertiary/aromatic N) is 2. The van der Waals surface area contributed by atoms with Crippen molar-refractivity contribution in [1.82, 2.24) is 15.2 Å². The minimum atomic E-state index is 0.188. The van der Waals surface area contributed by atoms with Crippen LogP contribution in [-0.4, -0.2) is 35.1 Å². The van der Waals surface area contributed by atoms with Crippen LogP contribution in [0.25, 0.3) is 0 Å². The molecule has 1 saturated carbocycles. The Morgan fingerprint density at radius 2 is 2.00 bits per heavy atom. The van der Waals surface area contributed by atoms with E-state index in [0.29, 0.717) is 0 Å². The molecule has 98 valence electrons. The molecule has 18 heavy (non-hydrogen) atoms. The Bertz CT molecular complexity index is 412. The number of fused-ring (bicyclic) bond motifs is 2. The number of hydrogen-bond donors (Lipinski definition) is 1. The normalized spacial score (nSPS) is 40.3. The summed E-state index contributed by atoms with van der Waals surface area (Å²) in [5, 5.41) is 7.41. The molecule has 2 saturated heterocycles. The largest absolute Gasteiger partial charge is 0.303 e. The second-order valence-corrected chi connectivity index (χ2v) is 7.19. The van der Waals surface area contributed by atoms with Crippen LogP contribution >= 0.6 is 11.3 Å². The van der Waals surface area contributed by atoms with E-state index in [0.717, 1.165) is 18.1 Å². The zero-order chi connectivity index (χ0) is 12.2. The molecule has 2 bridgehead atoms. The van der Waals surface area contributed by atoms with Gasteiger partial charge in [0.25, 0.3) is 0 Å². The summed E-state index contributed by atoms with van der Waals surface area (Å²) in [6.07, 6.45) is 9.95. The number of nitrogens with one attached hydrogen (secondary N) is 1. The lowest BCUT2D eigenvalue weighted by Gasteiger charge is -2.45. The quantitative estimate of drug-likeness (QED) is 0.907. The van der Waals surface area contributed by atoms with Gasteiger partial charge in [-0.15, -0.1) is 11.3 Å². The Hall–Kier alpha value is -0.450. The van der Waals surface area contributed by atoms with Gasteiger partial charge in [-0.25, -0.2) is 4.98 Å². The molecule has 1 aromatic heterocycles. The first-order chi connectivity index (χ1) is 8.77. The van der Waals surface area contributed by atoms with Crippen molar-refractivity contribution in [3.8, 4) is 0 Å². The predicted octanol–water partition coefficient (Wildman–Crippen LogP) is 2.35. The molecule has 4 rings (SSSR count). The Morgan fingerprint density at radius 3 is 2.56 bits per heavy atom. The van der Waals surface area contributed by atoms with Crippen LogP contribution in [0.4, 0.5) is 0 Å². The van der Waals surface area contributed by atoms with Gasteiger partial charge < -0.3 is 10.2 Å². The van der Waals surface area contributed by atoms with Crippen LogP contribution in [0.3, 0.4) is 0 Å². The van der Waals surface area contributed by atoms with Gasteiger partial charge in [0.15, 0.2) is 0 Å². The molecular formula is C14H21N3S. The first-order valence-electron chi connectivity index (χ1n) is 7.16. The molecule has 3 heterocycles. The predicted molar refractivity (Wildman–Crippen MR) is 73.8 cm³/mol. The first-order valence-corrected chi connectivity index (χ1v) is 8.04. The molecule has 2 atom stereocenters. The van der Waals surface area contributed by atoms with E-state index < -0.39 is 0 Å². The van der Waals surface area contributed by atoms with Crippen molar-refractivity contribution < 1.29 is 0 Å². The fourth-order valence-corrected chi connectivity index (χ4v) is 4.73. The van der Waals surface area contributed by atoms with Crippen molar-refractivity contribution >= 4 is 11.3 Å². The molecular weight excluding hydrogens is 242 g/mol. The molecule has 0 spiro atoms. The van der Waals surface area contributed by atoms with Gasteiger partial charge in [0.2, 0.25) is 0 Å². The van der Waals surface area contributed by atoms with Crippen molar-refractivity contribution in [2.45, 2.75) is 62.2 Å². The van der Waals surface area contributed by atoms with Gasteiger partial charge in [0.05, 0.1) is 5.54 Å². The molecule has 2 unspecified atom stereocenters. The van der Waals surface area contributed by atoms with E-state index in [4.69, 9.17) is 0 Å². The number of hydrogen-bond acceptors (Lipinski definition) is 4. The van der Waals surface area contributed by atoms with Crippen molar-refractivity contribution in [2.24, 2.45) is 0 Å². The molecule has 3 nitrogen and oxygen atoms in total. The lowest BCUT2D eigenvalue weighted by molar-refractivity contribution is 0.0873. The van der Waals surface area contributed by atoms with Gasteiger partial charge in [0, 0.05) is 29.7 Å². The topological polar surface area (TPSA) is 28.2 Å². The van der Waals surface area contributed by atoms with E-state index in [2.05, 4.69) is 27.6 Å². The van der Waals surface area contributed by atoms with Gasteiger partial charge in [0.1, 0.15) is 5.01 Å². The van der Waals surface area contributed by atoms with Crippen molar-refractivity contribution in [1.29, 1.82) is 0 Å². The second-order valence-electron chi connectivity index (χ2n) is 6.30. The number of aromatic nitrogens is 1. The summed E-state index contributed by atoms with van der Waals surface area (Å²) in [6, 6.07) is 2.29. The molecule has 1 aromatic rings. The standard InChI is InChI=1S/C14H21N3S/c1-17-11-4-5-12(17)9-14(8-11,16-10-2-3-10)13-15-6-7-18-13/h6-7,10-12,16H,2-5,8-9H2,1H3. The fraction of sp³-hybridized carbons (Fsp3) is 0.786. The lowest BCUT2D eigenvalue weighted by atomic mass is 9.83. The van der Waals surface area contributed by atoms with Gasteiger partial charge in [-0.3, -0.25) is 0 Å². The van der Waals surface area contributed by atoms with E-state index >= 15 is 0 Å². The maximum Gasteiger partial charge on any atom is 0.113 e. The Morgan fingerprint density at radius 1 is 1.28 bits per heavy atom. The lowest BCUT2D eigenvalue weighted by Crippen LogP contribution is -2.55. The fourth-order valence-electron chi connectivity index (χ4n) is 3.90. The molecule has 1 N–H and O–H groups in total. The molecule has 3 fully saturated rings. The van der Waals surface area contributed by atoms with Crippen LogP contribution in [-0.2, 0) is 5.54 Å². The molecule has 1 aliphatic carbocycles. The van der Waals surface area contributed by atoms with Gasteiger partial charge in [-0.2, -0.15) is 0 Å². The van der Waals surface area contributed by atoms with Crippen LogP contribution in [0.5, 0.6) is 0 Å². The summed E-state index contributed by atoms with van der Waals surface area (Å²) in [4.78, 5) is 7.26. The van der Waals surface area contributed by atoms with Gasteiger partial charge in [-0.05, 0) is 45.6 Å². The average molecular weight is 263 g/mol. The summed E-state index contributed by atoms with van der Waals surface area (Å²) in [5.74, 6) is 0. The third kappa shape index (κ3) is 1.74. The SMILES string of the molecule is CN1C2CCC1CC(NC1CC1)(c1nccs1)C2. The summed E-state index contributed by atoms with van der Waals surface area (Å²) < 4.78 is 0. The van der Waals surface area contributed by atoms with E-state index in [1.807, 2.05) is 17.5 Å². The highest BCUT2D eigenvalue weighted by molar-refractivity contribution is 7.09. The molecule has 0 aromatic carbocycles. The molecule has 4 heteroatoms. The zero-order valence-corrected chi connectivity index (χ0v) is 11.7. The molecule has 0 amide bonds. The van der Waals surface area contributed by atoms with Crippen LogP contribution in [0.1, 0.15) is 43.5 Å². The number of piperidine rings is 1. The van der Waals surface area contributed by atoms with Crippen LogP contribution in [0.2, 0.25) is 0 Å². The maximum atomic E-state index is 4.65. The minimum Gasteiger partial charge on any atom is -0.303 e. The van der Waals surface area contributed by atoms with Crippen molar-refractivity contribution in [2.75, 3.05) is 7.05 Å². The van der Waals surface area contributed by atoms with Gasteiger partial charge in [-0.1, -0.05) is 0 Å². The first kappa shape index (κ1) is 11.4. The van der Waals surface area contributed by atoms with Crippen LogP contribution in [0.15, 0.2) is 11.6 Å². The van der Waals surface area contributed by atoms with E-state index in [1.54, 1.807) is 0 Å². The number of thiazole rings is 1. The second kappa shape index (κ2) is 4.02. The third-order valence-corrected chi connectivity index (χ3v) is 6.03. The average Bonchev–Trinajstić information content (AvgIpc) is 2.93. The molecule has 0 radical (unpaired) electrons. The Labute approximate surface area is 113 Å². The van der Waals surface area contributed by atoms with Crippen molar-refractivity contribution in [3.05, 3.63) is 16.6 Å². The number of rotatable bonds is 3. The molecule has 3 aliphatic rings. The molecule has 2 aliphatic heterocycles. The van der Waals surface area contributed by atoms with Crippen LogP contribution in [0, 0.1) is 0 Å². The highest BCUT2D eigenvalue weighted by atomic mass is 32.1. The van der Waals surface area contributed by atoms with E-state index in [1.165, 1.54) is 43.5 Å². The smallest absolute Gasteiger partial charge is 0.113 e. The Kier molecular flexibility index (Phi) is 2.54. The summed E-state index contributed by atoms with van der Waals surface area (Å²) in [6.45, 7) is 0. The van der Waals surface area contributed by atoms with Crippen LogP contribution < -0.4 is 5.32 Å². The van der Waals surface area contributed by atoms with E-state index in [9.17, 15) is 0 Å². The third-order valence-electron chi connectivity index (χ3n) is 5.05. The van der Waals surface area contributed by atoms with Gasteiger partial charge >= 0.3 is 0 Å². The maximum absolute atomic E-state index is 4.65. The summed E-state index contributed by atoms with van der Waals surface area (Å²) >= 11 is 1.84. The highest BCUT2D eigenvalue weighted by Crippen LogP contribution is 2.46. The summed E-state index contributed by atoms with van der Waals surface area (Å²) in [7, 11) is 2.31.